The molecule has 2 aromatic heterocycles. The van der Waals surface area contributed by atoms with Gasteiger partial charge < -0.3 is 66.2 Å². The van der Waals surface area contributed by atoms with Crippen LogP contribution in [0, 0.1) is 41.2 Å². The number of rotatable bonds is 27. The highest BCUT2D eigenvalue weighted by Gasteiger charge is 2.46. The Balaban J connectivity index is 0.529. The number of piperidine rings is 2. The first-order valence-electron chi connectivity index (χ1n) is 35.6. The summed E-state index contributed by atoms with van der Waals surface area (Å²) in [5.41, 5.74) is 6.07. The van der Waals surface area contributed by atoms with Gasteiger partial charge >= 0.3 is 0 Å². The molecule has 6 amide bonds. The number of carbonyl (C=O) groups is 6. The summed E-state index contributed by atoms with van der Waals surface area (Å²) in [6.07, 6.45) is 4.11. The van der Waals surface area contributed by atoms with Gasteiger partial charge in [-0.1, -0.05) is 83.1 Å². The predicted molar refractivity (Wildman–Crippen MR) is 381 cm³/mol. The molecule has 6 atom stereocenters. The van der Waals surface area contributed by atoms with Gasteiger partial charge in [-0.3, -0.25) is 33.7 Å². The van der Waals surface area contributed by atoms with Crippen LogP contribution in [0.1, 0.15) is 127 Å². The largest absolute Gasteiger partial charge is 0.391 e. The van der Waals surface area contributed by atoms with Crippen molar-refractivity contribution in [1.29, 1.82) is 0 Å². The van der Waals surface area contributed by atoms with E-state index in [-0.39, 0.29) is 73.8 Å². The Kier molecular flexibility index (Phi) is 23.9. The minimum atomic E-state index is -1.01. The van der Waals surface area contributed by atoms with Crippen LogP contribution in [-0.4, -0.2) is 204 Å². The summed E-state index contributed by atoms with van der Waals surface area (Å²) < 4.78 is 37.3. The fourth-order valence-corrected chi connectivity index (χ4v) is 15.8. The Labute approximate surface area is 590 Å². The lowest BCUT2D eigenvalue weighted by Gasteiger charge is -2.48. The molecule has 0 aliphatic carbocycles. The number of halogens is 2. The zero-order valence-electron chi connectivity index (χ0n) is 59.1. The molecule has 3 aromatic carbocycles. The molecule has 11 rings (SSSR count). The maximum Gasteiger partial charge on any atom is 0.246 e. The standard InChI is InChI=1S/C74H101F2N15O8S/c1-48(52-11-13-53(14-12-52)68-49(2)82-47-100-68)83-70(97)61-33-57(92)43-91(61)71(98)69(72(3,4)5)84-66(95)16-15-64(93)77-22-29-99-30-28-88-41-55-39-87(40-56(55)42-88)23-17-65(94)79-37-51-10-8-9-50(31-51)36-78-62-35-63(81-46-80-62)89-26-20-74(21-27-89)45-90(44-67(96)85-74)60-34-58(75)54(32-59(60)76)38-86-24-18-73(6,7)19-25-86/h8-14,31-32,34-35,46-48,55-57,61,69,92H,15-30,33,36-45H2,1-7H3,(H,77,93)(H,79,94)(H,83,97)(H,84,95)(H,85,96)(H,78,80,81)/t48-,55-,56+,57+,61-,69+/m0/s1. The third-order valence-corrected chi connectivity index (χ3v) is 22.0. The highest BCUT2D eigenvalue weighted by atomic mass is 32.1. The van der Waals surface area contributed by atoms with Gasteiger partial charge in [0, 0.05) is 135 Å². The smallest absolute Gasteiger partial charge is 0.246 e. The van der Waals surface area contributed by atoms with Gasteiger partial charge in [0.25, 0.3) is 0 Å². The lowest BCUT2D eigenvalue weighted by atomic mass is 9.82. The number of benzene rings is 3. The zero-order valence-corrected chi connectivity index (χ0v) is 59.9. The van der Waals surface area contributed by atoms with E-state index in [0.29, 0.717) is 102 Å². The Morgan fingerprint density at radius 2 is 1.45 bits per heavy atom. The Hall–Kier alpha value is -7.75. The van der Waals surface area contributed by atoms with Crippen LogP contribution in [0.15, 0.2) is 78.6 Å². The number of piperazine rings is 1. The fourth-order valence-electron chi connectivity index (χ4n) is 15.0. The van der Waals surface area contributed by atoms with E-state index < -0.39 is 58.5 Å². The number of aryl methyl sites for hydroxylation is 1. The number of anilines is 3. The third-order valence-electron chi connectivity index (χ3n) is 21.0. The maximum absolute atomic E-state index is 15.8. The van der Waals surface area contributed by atoms with E-state index in [1.807, 2.05) is 88.7 Å². The van der Waals surface area contributed by atoms with Crippen molar-refractivity contribution in [2.45, 2.75) is 149 Å². The van der Waals surface area contributed by atoms with Gasteiger partial charge in [-0.25, -0.2) is 23.7 Å². The molecule has 0 radical (unpaired) electrons. The van der Waals surface area contributed by atoms with Crippen molar-refractivity contribution >= 4 is 64.1 Å². The molecule has 6 fully saturated rings. The van der Waals surface area contributed by atoms with Crippen molar-refractivity contribution in [2.75, 3.05) is 120 Å². The number of aliphatic hydroxyl groups is 1. The summed E-state index contributed by atoms with van der Waals surface area (Å²) in [5, 5.41) is 29.1. The van der Waals surface area contributed by atoms with E-state index in [4.69, 9.17) is 4.74 Å². The SMILES string of the molecule is Cc1ncsc1-c1ccc([C@H](C)NC(=O)[C@@H]2C[C@@H](O)CN2C(=O)[C@@H](NC(=O)CCC(=O)NCCOCCN2C[C@@H]3CN(CCC(=O)NCc4cccc(CNc5cc(N6CCC7(CC6)CN(c6cc(F)c(CN8CCC(C)(C)CC8)cc6F)CC(=O)N7)ncn5)c4)C[C@@H]3C2)C(C)(C)C)cc1. The number of fused-ring (bicyclic) bond motifs is 1. The molecule has 0 saturated carbocycles. The van der Waals surface area contributed by atoms with E-state index in [1.165, 1.54) is 23.4 Å². The van der Waals surface area contributed by atoms with Gasteiger partial charge in [0.2, 0.25) is 35.4 Å². The van der Waals surface area contributed by atoms with Crippen LogP contribution >= 0.6 is 11.3 Å². The molecule has 0 bridgehead atoms. The molecule has 6 aliphatic heterocycles. The van der Waals surface area contributed by atoms with Crippen molar-refractivity contribution in [3.05, 3.63) is 118 Å². The maximum atomic E-state index is 15.8. The van der Waals surface area contributed by atoms with Crippen LogP contribution in [0.4, 0.5) is 26.1 Å². The van der Waals surface area contributed by atoms with Crippen LogP contribution in [-0.2, 0) is 53.1 Å². The summed E-state index contributed by atoms with van der Waals surface area (Å²) in [6, 6.07) is 18.2. The molecular formula is C74H101F2N15O8S. The summed E-state index contributed by atoms with van der Waals surface area (Å²) in [6.45, 7) is 24.6. The first-order valence-corrected chi connectivity index (χ1v) is 36.5. The second-order valence-corrected chi connectivity index (χ2v) is 31.2. The summed E-state index contributed by atoms with van der Waals surface area (Å²) in [4.78, 5) is 107. The second kappa shape index (κ2) is 32.5. The molecule has 7 N–H and O–H groups in total. The lowest BCUT2D eigenvalue weighted by molar-refractivity contribution is -0.144. The highest BCUT2D eigenvalue weighted by Crippen LogP contribution is 2.37. The second-order valence-electron chi connectivity index (χ2n) is 30.4. The molecule has 6 saturated heterocycles. The molecule has 100 heavy (non-hydrogen) atoms. The van der Waals surface area contributed by atoms with Crippen LogP contribution in [0.2, 0.25) is 0 Å². The summed E-state index contributed by atoms with van der Waals surface area (Å²) in [5.74, 6) is -0.354. The van der Waals surface area contributed by atoms with E-state index in [0.717, 1.165) is 97.3 Å². The van der Waals surface area contributed by atoms with Gasteiger partial charge in [-0.15, -0.1) is 11.3 Å². The van der Waals surface area contributed by atoms with E-state index >= 15 is 8.78 Å². The van der Waals surface area contributed by atoms with Crippen molar-refractivity contribution in [2.24, 2.45) is 22.7 Å². The van der Waals surface area contributed by atoms with Crippen molar-refractivity contribution in [3.63, 3.8) is 0 Å². The van der Waals surface area contributed by atoms with E-state index in [9.17, 15) is 33.9 Å². The summed E-state index contributed by atoms with van der Waals surface area (Å²) in [7, 11) is 0. The minimum Gasteiger partial charge on any atom is -0.391 e. The predicted octanol–water partition coefficient (Wildman–Crippen LogP) is 6.55. The molecule has 0 unspecified atom stereocenters. The first-order chi connectivity index (χ1) is 47.8. The third kappa shape index (κ3) is 19.2. The molecule has 5 aromatic rings. The Bertz CT molecular complexity index is 3670. The number of hydrogen-bond donors (Lipinski definition) is 7. The van der Waals surface area contributed by atoms with Gasteiger partial charge in [0.15, 0.2) is 0 Å². The first kappa shape index (κ1) is 73.5. The van der Waals surface area contributed by atoms with Gasteiger partial charge in [0.1, 0.15) is 41.7 Å². The number of β-amino-alcohol motifs (C(OH)–C–C–N with tert-alkyl or cyclic N) is 1. The number of ether oxygens (including phenoxy) is 1. The highest BCUT2D eigenvalue weighted by molar-refractivity contribution is 7.13. The quantitative estimate of drug-likeness (QED) is 0.0275. The molecule has 8 heterocycles. The van der Waals surface area contributed by atoms with Crippen molar-refractivity contribution in [3.8, 4) is 10.4 Å². The van der Waals surface area contributed by atoms with Crippen LogP contribution < -0.4 is 41.7 Å². The number of aliphatic hydroxyl groups excluding tert-OH is 1. The molecule has 540 valence electrons. The molecular weight excluding hydrogens is 1300 g/mol. The normalized spacial score (nSPS) is 21.5. The molecule has 23 nitrogen and oxygen atoms in total. The Morgan fingerprint density at radius 1 is 0.760 bits per heavy atom. The van der Waals surface area contributed by atoms with Crippen molar-refractivity contribution in [1.82, 2.24) is 61.1 Å². The van der Waals surface area contributed by atoms with Gasteiger partial charge in [-0.05, 0) is 104 Å². The zero-order chi connectivity index (χ0) is 70.9. The van der Waals surface area contributed by atoms with E-state index in [2.05, 4.69) is 86.4 Å². The number of amides is 6. The van der Waals surface area contributed by atoms with Crippen LogP contribution in [0.25, 0.3) is 10.4 Å². The number of nitrogens with zero attached hydrogens (tertiary/aromatic N) is 9. The van der Waals surface area contributed by atoms with Gasteiger partial charge in [-0.2, -0.15) is 0 Å². The van der Waals surface area contributed by atoms with Crippen molar-refractivity contribution < 1.29 is 47.4 Å². The average molecular weight is 1400 g/mol. The van der Waals surface area contributed by atoms with Crippen LogP contribution in [0.5, 0.6) is 0 Å². The molecule has 26 heteroatoms. The number of nitrogens with one attached hydrogen (secondary N) is 6. The number of hydrogen-bond acceptors (Lipinski definition) is 18. The minimum absolute atomic E-state index is 0.00656. The molecule has 6 aliphatic rings. The van der Waals surface area contributed by atoms with Crippen LogP contribution in [0.3, 0.4) is 0 Å². The van der Waals surface area contributed by atoms with Gasteiger partial charge in [0.05, 0.1) is 59.2 Å². The number of aromatic nitrogens is 3. The Morgan fingerprint density at radius 3 is 2.15 bits per heavy atom. The van der Waals surface area contributed by atoms with E-state index in [1.54, 1.807) is 16.2 Å². The molecule has 1 spiro atoms. The number of carbonyl (C=O) groups excluding carboxylic acids is 6. The number of thiazole rings is 1. The topological polar surface area (TPSA) is 262 Å². The lowest BCUT2D eigenvalue weighted by Crippen LogP contribution is -2.66. The average Bonchev–Trinajstić information content (AvgIpc) is 1.35. The summed E-state index contributed by atoms with van der Waals surface area (Å²) >= 11 is 1.57. The number of likely N-dealkylation sites (tertiary alicyclic amines) is 4. The fraction of sp³-hybridized carbons (Fsp3) is 0.581. The monoisotopic (exact) mass is 1400 g/mol.